The summed E-state index contributed by atoms with van der Waals surface area (Å²) in [6.45, 7) is 1.16. The Balaban J connectivity index is 1.63. The van der Waals surface area contributed by atoms with Crippen molar-refractivity contribution < 1.29 is 14.3 Å². The van der Waals surface area contributed by atoms with E-state index in [9.17, 15) is 4.79 Å². The summed E-state index contributed by atoms with van der Waals surface area (Å²) in [4.78, 5) is 14.3. The number of carbonyl (C=O) groups is 1. The molecule has 0 radical (unpaired) electrons. The number of hydrazine groups is 1. The number of nitrogens with zero attached hydrogens (tertiary/aromatic N) is 2. The molecule has 2 aromatic carbocycles. The normalized spacial score (nSPS) is 16.9. The highest BCUT2D eigenvalue weighted by Gasteiger charge is 2.36. The average molecular weight is 355 g/mol. The zero-order valence-electron chi connectivity index (χ0n) is 15.2. The number of methoxy groups -OCH3 is 2. The van der Waals surface area contributed by atoms with Gasteiger partial charge in [0.1, 0.15) is 11.5 Å². The number of hydrogen-bond acceptors (Lipinski definition) is 4. The standard InChI is InChI=1S/C20H25N3O3/c1-25-17-9-5-15(6-10-17)4-3-13-22-19(14-23(21)20(22)24)16-7-11-18(26-2)12-8-16/h5-12,19H,3-4,13-14,21H2,1-2H3. The molecule has 1 saturated heterocycles. The van der Waals surface area contributed by atoms with Crippen LogP contribution in [0.15, 0.2) is 48.5 Å². The van der Waals surface area contributed by atoms with Gasteiger partial charge in [0.15, 0.2) is 0 Å². The van der Waals surface area contributed by atoms with E-state index in [2.05, 4.69) is 12.1 Å². The van der Waals surface area contributed by atoms with Crippen molar-refractivity contribution >= 4 is 6.03 Å². The summed E-state index contributed by atoms with van der Waals surface area (Å²) < 4.78 is 10.4. The average Bonchev–Trinajstić information content (AvgIpc) is 2.97. The molecule has 1 atom stereocenters. The summed E-state index contributed by atoms with van der Waals surface area (Å²) in [5.41, 5.74) is 2.29. The molecule has 0 aliphatic carbocycles. The minimum atomic E-state index is -0.124. The van der Waals surface area contributed by atoms with Crippen LogP contribution in [0.2, 0.25) is 0 Å². The second kappa shape index (κ2) is 8.10. The maximum absolute atomic E-state index is 12.4. The van der Waals surface area contributed by atoms with E-state index in [0.717, 1.165) is 29.9 Å². The highest BCUT2D eigenvalue weighted by Crippen LogP contribution is 2.29. The monoisotopic (exact) mass is 355 g/mol. The minimum Gasteiger partial charge on any atom is -0.497 e. The lowest BCUT2D eigenvalue weighted by Gasteiger charge is -2.23. The largest absolute Gasteiger partial charge is 0.497 e. The van der Waals surface area contributed by atoms with Crippen LogP contribution in [0, 0.1) is 0 Å². The number of carbonyl (C=O) groups excluding carboxylic acids is 1. The summed E-state index contributed by atoms with van der Waals surface area (Å²) in [6, 6.07) is 15.7. The van der Waals surface area contributed by atoms with Gasteiger partial charge in [0.2, 0.25) is 0 Å². The summed E-state index contributed by atoms with van der Waals surface area (Å²) in [6.07, 6.45) is 1.77. The van der Waals surface area contributed by atoms with Gasteiger partial charge in [-0.15, -0.1) is 0 Å². The van der Waals surface area contributed by atoms with Crippen LogP contribution < -0.4 is 15.3 Å². The molecule has 26 heavy (non-hydrogen) atoms. The van der Waals surface area contributed by atoms with Crippen LogP contribution in [0.4, 0.5) is 4.79 Å². The Morgan fingerprint density at radius 3 is 2.15 bits per heavy atom. The molecule has 2 amide bonds. The number of urea groups is 1. The van der Waals surface area contributed by atoms with Gasteiger partial charge in [-0.25, -0.2) is 10.6 Å². The fourth-order valence-electron chi connectivity index (χ4n) is 3.27. The van der Waals surface area contributed by atoms with Gasteiger partial charge in [-0.3, -0.25) is 5.01 Å². The van der Waals surface area contributed by atoms with Crippen molar-refractivity contribution in [2.45, 2.75) is 18.9 Å². The lowest BCUT2D eigenvalue weighted by atomic mass is 10.1. The molecule has 138 valence electrons. The van der Waals surface area contributed by atoms with Gasteiger partial charge in [-0.2, -0.15) is 0 Å². The van der Waals surface area contributed by atoms with Crippen LogP contribution >= 0.6 is 0 Å². The lowest BCUT2D eigenvalue weighted by Crippen LogP contribution is -2.37. The Kier molecular flexibility index (Phi) is 5.63. The van der Waals surface area contributed by atoms with Crippen LogP contribution in [-0.4, -0.2) is 43.2 Å². The Hall–Kier alpha value is -2.73. The molecular formula is C20H25N3O3. The molecule has 0 aromatic heterocycles. The zero-order chi connectivity index (χ0) is 18.5. The van der Waals surface area contributed by atoms with E-state index in [4.69, 9.17) is 15.3 Å². The molecule has 2 aromatic rings. The van der Waals surface area contributed by atoms with Gasteiger partial charge < -0.3 is 14.4 Å². The van der Waals surface area contributed by atoms with Gasteiger partial charge in [-0.05, 0) is 48.2 Å². The molecule has 6 nitrogen and oxygen atoms in total. The molecule has 0 saturated carbocycles. The molecule has 1 unspecified atom stereocenters. The minimum absolute atomic E-state index is 0.0331. The van der Waals surface area contributed by atoms with Gasteiger partial charge in [0.25, 0.3) is 0 Å². The number of ether oxygens (including phenoxy) is 2. The second-order valence-electron chi connectivity index (χ2n) is 6.37. The summed E-state index contributed by atoms with van der Waals surface area (Å²) in [7, 11) is 3.30. The molecular weight excluding hydrogens is 330 g/mol. The van der Waals surface area contributed by atoms with Gasteiger partial charge in [0.05, 0.1) is 26.8 Å². The lowest BCUT2D eigenvalue weighted by molar-refractivity contribution is 0.186. The first-order valence-corrected chi connectivity index (χ1v) is 8.72. The number of aryl methyl sites for hydroxylation is 1. The Morgan fingerprint density at radius 1 is 1.00 bits per heavy atom. The smallest absolute Gasteiger partial charge is 0.334 e. The molecule has 1 heterocycles. The van der Waals surface area contributed by atoms with Crippen molar-refractivity contribution in [2.24, 2.45) is 5.84 Å². The number of rotatable bonds is 7. The quantitative estimate of drug-likeness (QED) is 0.612. The van der Waals surface area contributed by atoms with Gasteiger partial charge >= 0.3 is 6.03 Å². The van der Waals surface area contributed by atoms with Crippen molar-refractivity contribution in [2.75, 3.05) is 27.3 Å². The van der Waals surface area contributed by atoms with E-state index >= 15 is 0 Å². The molecule has 1 aliphatic heterocycles. The van der Waals surface area contributed by atoms with Crippen molar-refractivity contribution in [3.8, 4) is 11.5 Å². The third-order valence-corrected chi connectivity index (χ3v) is 4.76. The van der Waals surface area contributed by atoms with Gasteiger partial charge in [0, 0.05) is 6.54 Å². The number of amides is 2. The highest BCUT2D eigenvalue weighted by molar-refractivity contribution is 5.76. The maximum Gasteiger partial charge on any atom is 0.334 e. The molecule has 0 spiro atoms. The van der Waals surface area contributed by atoms with Gasteiger partial charge in [-0.1, -0.05) is 24.3 Å². The fourth-order valence-corrected chi connectivity index (χ4v) is 3.27. The SMILES string of the molecule is COc1ccc(CCCN2C(=O)N(N)CC2c2ccc(OC)cc2)cc1. The third-order valence-electron chi connectivity index (χ3n) is 4.76. The van der Waals surface area contributed by atoms with Crippen LogP contribution in [0.25, 0.3) is 0 Å². The molecule has 1 aliphatic rings. The Bertz CT molecular complexity index is 731. The number of benzene rings is 2. The van der Waals surface area contributed by atoms with Crippen LogP contribution in [0.3, 0.4) is 0 Å². The molecule has 6 heteroatoms. The highest BCUT2D eigenvalue weighted by atomic mass is 16.5. The van der Waals surface area contributed by atoms with Crippen molar-refractivity contribution in [3.63, 3.8) is 0 Å². The first kappa shape index (κ1) is 18.1. The predicted octanol–water partition coefficient (Wildman–Crippen LogP) is 2.99. The van der Waals surface area contributed by atoms with Crippen LogP contribution in [-0.2, 0) is 6.42 Å². The Morgan fingerprint density at radius 2 is 1.58 bits per heavy atom. The van der Waals surface area contributed by atoms with Crippen LogP contribution in [0.5, 0.6) is 11.5 Å². The van der Waals surface area contributed by atoms with E-state index in [1.807, 2.05) is 41.3 Å². The van der Waals surface area contributed by atoms with E-state index in [-0.39, 0.29) is 12.1 Å². The molecule has 2 N–H and O–H groups in total. The second-order valence-corrected chi connectivity index (χ2v) is 6.37. The Labute approximate surface area is 154 Å². The number of hydrogen-bond donors (Lipinski definition) is 1. The first-order valence-electron chi connectivity index (χ1n) is 8.72. The van der Waals surface area contributed by atoms with E-state index in [1.165, 1.54) is 10.6 Å². The number of nitrogens with two attached hydrogens (primary N) is 1. The summed E-state index contributed by atoms with van der Waals surface area (Å²) in [5, 5.41) is 1.29. The topological polar surface area (TPSA) is 68.0 Å². The summed E-state index contributed by atoms with van der Waals surface area (Å²) in [5.74, 6) is 7.52. The van der Waals surface area contributed by atoms with Crippen molar-refractivity contribution in [3.05, 3.63) is 59.7 Å². The van der Waals surface area contributed by atoms with E-state index in [0.29, 0.717) is 13.1 Å². The molecule has 0 bridgehead atoms. The first-order chi connectivity index (χ1) is 12.6. The van der Waals surface area contributed by atoms with E-state index in [1.54, 1.807) is 14.2 Å². The maximum atomic E-state index is 12.4. The predicted molar refractivity (Wildman–Crippen MR) is 100 cm³/mol. The van der Waals surface area contributed by atoms with Crippen molar-refractivity contribution in [1.29, 1.82) is 0 Å². The van der Waals surface area contributed by atoms with Crippen LogP contribution in [0.1, 0.15) is 23.6 Å². The third kappa shape index (κ3) is 3.91. The molecule has 3 rings (SSSR count). The zero-order valence-corrected chi connectivity index (χ0v) is 15.2. The fraction of sp³-hybridized carbons (Fsp3) is 0.350. The van der Waals surface area contributed by atoms with E-state index < -0.39 is 0 Å². The summed E-state index contributed by atoms with van der Waals surface area (Å²) >= 11 is 0. The molecule has 1 fully saturated rings. The van der Waals surface area contributed by atoms with Crippen molar-refractivity contribution in [1.82, 2.24) is 9.91 Å².